The third kappa shape index (κ3) is 4.80. The van der Waals surface area contributed by atoms with Crippen LogP contribution < -0.4 is 10.2 Å². The van der Waals surface area contributed by atoms with E-state index in [4.69, 9.17) is 4.42 Å². The predicted molar refractivity (Wildman–Crippen MR) is 107 cm³/mol. The van der Waals surface area contributed by atoms with Crippen LogP contribution in [0.2, 0.25) is 0 Å². The Morgan fingerprint density at radius 1 is 1.07 bits per heavy atom. The Labute approximate surface area is 166 Å². The summed E-state index contributed by atoms with van der Waals surface area (Å²) in [6, 6.07) is 16.7. The van der Waals surface area contributed by atoms with Crippen molar-refractivity contribution in [1.29, 1.82) is 0 Å². The molecule has 0 spiro atoms. The van der Waals surface area contributed by atoms with Crippen molar-refractivity contribution in [1.82, 2.24) is 5.32 Å². The van der Waals surface area contributed by atoms with Crippen LogP contribution in [0, 0.1) is 5.82 Å². The van der Waals surface area contributed by atoms with Crippen LogP contribution in [0.1, 0.15) is 16.1 Å². The number of carbonyl (C=O) groups excluding carboxylic acids is 2. The molecule has 2 amide bonds. The lowest BCUT2D eigenvalue weighted by Crippen LogP contribution is -2.31. The second kappa shape index (κ2) is 9.23. The molecule has 0 atom stereocenters. The topological polar surface area (TPSA) is 62.6 Å². The lowest BCUT2D eigenvalue weighted by atomic mass is 10.1. The highest BCUT2D eigenvalue weighted by Gasteiger charge is 2.19. The summed E-state index contributed by atoms with van der Waals surface area (Å²) in [5, 5.41) is 2.78. The van der Waals surface area contributed by atoms with Crippen LogP contribution in [0.3, 0.4) is 0 Å². The summed E-state index contributed by atoms with van der Waals surface area (Å²) in [7, 11) is 1.60. The molecule has 0 unspecified atom stereocenters. The average Bonchev–Trinajstić information content (AvgIpc) is 3.24. The number of nitrogens with zero attached hydrogens (tertiary/aromatic N) is 1. The fourth-order valence-electron chi connectivity index (χ4n) is 2.57. The third-order valence-electron chi connectivity index (χ3n) is 4.08. The number of anilines is 1. The van der Waals surface area contributed by atoms with Crippen LogP contribution in [0.15, 0.2) is 76.2 Å². The lowest BCUT2D eigenvalue weighted by molar-refractivity contribution is -0.115. The third-order valence-corrected chi connectivity index (χ3v) is 5.11. The van der Waals surface area contributed by atoms with E-state index in [1.54, 1.807) is 61.6 Å². The number of amides is 2. The van der Waals surface area contributed by atoms with Gasteiger partial charge in [-0.1, -0.05) is 24.3 Å². The SMILES string of the molecule is CN(C(=O)CSc1ccccc1F)c1ccccc1C(=O)NCc1ccco1. The monoisotopic (exact) mass is 398 g/mol. The van der Waals surface area contributed by atoms with E-state index < -0.39 is 0 Å². The van der Waals surface area contributed by atoms with Gasteiger partial charge in [0.2, 0.25) is 5.91 Å². The van der Waals surface area contributed by atoms with Crippen LogP contribution in [0.4, 0.5) is 10.1 Å². The minimum Gasteiger partial charge on any atom is -0.467 e. The van der Waals surface area contributed by atoms with E-state index >= 15 is 0 Å². The van der Waals surface area contributed by atoms with Gasteiger partial charge < -0.3 is 14.6 Å². The van der Waals surface area contributed by atoms with Crippen LogP contribution in [-0.4, -0.2) is 24.6 Å². The van der Waals surface area contributed by atoms with Gasteiger partial charge in [0.05, 0.1) is 29.8 Å². The molecule has 3 rings (SSSR count). The highest BCUT2D eigenvalue weighted by molar-refractivity contribution is 8.00. The van der Waals surface area contributed by atoms with Gasteiger partial charge in [-0.25, -0.2) is 4.39 Å². The lowest BCUT2D eigenvalue weighted by Gasteiger charge is -2.20. The van der Waals surface area contributed by atoms with E-state index in [-0.39, 0.29) is 29.9 Å². The summed E-state index contributed by atoms with van der Waals surface area (Å²) >= 11 is 1.12. The molecule has 0 aliphatic rings. The van der Waals surface area contributed by atoms with Crippen molar-refractivity contribution in [2.75, 3.05) is 17.7 Å². The zero-order valence-electron chi connectivity index (χ0n) is 15.2. The maximum absolute atomic E-state index is 13.7. The Kier molecular flexibility index (Phi) is 6.49. The average molecular weight is 398 g/mol. The second-order valence-electron chi connectivity index (χ2n) is 5.95. The fraction of sp³-hybridized carbons (Fsp3) is 0.143. The Bertz CT molecular complexity index is 960. The maximum atomic E-state index is 13.7. The summed E-state index contributed by atoms with van der Waals surface area (Å²) in [4.78, 5) is 27.0. The first-order valence-corrected chi connectivity index (χ1v) is 9.58. The van der Waals surface area contributed by atoms with Gasteiger partial charge in [-0.05, 0) is 36.4 Å². The molecule has 28 heavy (non-hydrogen) atoms. The summed E-state index contributed by atoms with van der Waals surface area (Å²) < 4.78 is 18.9. The molecule has 1 N–H and O–H groups in total. The van der Waals surface area contributed by atoms with Crippen molar-refractivity contribution in [3.05, 3.63) is 84.1 Å². The number of benzene rings is 2. The van der Waals surface area contributed by atoms with Crippen LogP contribution >= 0.6 is 11.8 Å². The number of para-hydroxylation sites is 1. The largest absolute Gasteiger partial charge is 0.467 e. The molecule has 3 aromatic rings. The summed E-state index contributed by atoms with van der Waals surface area (Å²) in [6.45, 7) is 0.251. The molecule has 1 aromatic heterocycles. The number of rotatable bonds is 7. The van der Waals surface area contributed by atoms with E-state index in [0.717, 1.165) is 11.8 Å². The van der Waals surface area contributed by atoms with Crippen molar-refractivity contribution in [2.45, 2.75) is 11.4 Å². The molecule has 1 heterocycles. The first kappa shape index (κ1) is 19.7. The number of hydrogen-bond donors (Lipinski definition) is 1. The standard InChI is InChI=1S/C21H19FN2O3S/c1-24(20(25)14-28-19-11-5-3-9-17(19)22)18-10-4-2-8-16(18)21(26)23-13-15-7-6-12-27-15/h2-12H,13-14H2,1H3,(H,23,26). The quantitative estimate of drug-likeness (QED) is 0.609. The molecule has 0 saturated carbocycles. The van der Waals surface area contributed by atoms with Crippen molar-refractivity contribution >= 4 is 29.3 Å². The molecule has 144 valence electrons. The van der Waals surface area contributed by atoms with Gasteiger partial charge in [0, 0.05) is 11.9 Å². The van der Waals surface area contributed by atoms with E-state index in [1.165, 1.54) is 17.2 Å². The van der Waals surface area contributed by atoms with Crippen molar-refractivity contribution in [2.24, 2.45) is 0 Å². The molecule has 0 fully saturated rings. The van der Waals surface area contributed by atoms with Gasteiger partial charge >= 0.3 is 0 Å². The molecule has 2 aromatic carbocycles. The second-order valence-corrected chi connectivity index (χ2v) is 6.97. The molecular weight excluding hydrogens is 379 g/mol. The van der Waals surface area contributed by atoms with Crippen molar-refractivity contribution < 1.29 is 18.4 Å². The number of halogens is 1. The zero-order valence-corrected chi connectivity index (χ0v) is 16.0. The highest BCUT2D eigenvalue weighted by atomic mass is 32.2. The number of furan rings is 1. The molecule has 7 heteroatoms. The van der Waals surface area contributed by atoms with Gasteiger partial charge in [-0.3, -0.25) is 9.59 Å². The number of thioether (sulfide) groups is 1. The van der Waals surface area contributed by atoms with E-state index in [2.05, 4.69) is 5.32 Å². The summed E-state index contributed by atoms with van der Waals surface area (Å²) in [5.74, 6) is -0.218. The number of carbonyl (C=O) groups is 2. The molecule has 0 saturated heterocycles. The normalized spacial score (nSPS) is 10.5. The minimum absolute atomic E-state index is 0.0553. The van der Waals surface area contributed by atoms with Gasteiger partial charge in [0.1, 0.15) is 11.6 Å². The first-order chi connectivity index (χ1) is 13.6. The zero-order chi connectivity index (χ0) is 19.9. The molecule has 0 aliphatic carbocycles. The molecule has 5 nitrogen and oxygen atoms in total. The van der Waals surface area contributed by atoms with Gasteiger partial charge in [0.25, 0.3) is 5.91 Å². The first-order valence-electron chi connectivity index (χ1n) is 8.59. The Morgan fingerprint density at radius 3 is 2.57 bits per heavy atom. The fourth-order valence-corrected chi connectivity index (χ4v) is 3.42. The smallest absolute Gasteiger partial charge is 0.253 e. The van der Waals surface area contributed by atoms with Crippen LogP contribution in [-0.2, 0) is 11.3 Å². The maximum Gasteiger partial charge on any atom is 0.253 e. The van der Waals surface area contributed by atoms with Crippen LogP contribution in [0.25, 0.3) is 0 Å². The van der Waals surface area contributed by atoms with E-state index in [9.17, 15) is 14.0 Å². The van der Waals surface area contributed by atoms with Gasteiger partial charge in [-0.2, -0.15) is 0 Å². The Hall–Kier alpha value is -3.06. The predicted octanol–water partition coefficient (Wildman–Crippen LogP) is 4.10. The molecule has 0 aliphatic heterocycles. The minimum atomic E-state index is -0.361. The van der Waals surface area contributed by atoms with Crippen molar-refractivity contribution in [3.63, 3.8) is 0 Å². The van der Waals surface area contributed by atoms with Gasteiger partial charge in [-0.15, -0.1) is 11.8 Å². The highest BCUT2D eigenvalue weighted by Crippen LogP contribution is 2.24. The number of nitrogens with one attached hydrogen (secondary N) is 1. The summed E-state index contributed by atoms with van der Waals surface area (Å²) in [6.07, 6.45) is 1.54. The van der Waals surface area contributed by atoms with Crippen molar-refractivity contribution in [3.8, 4) is 0 Å². The molecule has 0 bridgehead atoms. The van der Waals surface area contributed by atoms with E-state index in [1.807, 2.05) is 0 Å². The Balaban J connectivity index is 1.67. The Morgan fingerprint density at radius 2 is 1.82 bits per heavy atom. The van der Waals surface area contributed by atoms with Crippen LogP contribution in [0.5, 0.6) is 0 Å². The van der Waals surface area contributed by atoms with E-state index in [0.29, 0.717) is 21.9 Å². The summed E-state index contributed by atoms with van der Waals surface area (Å²) in [5.41, 5.74) is 0.861. The number of hydrogen-bond acceptors (Lipinski definition) is 4. The van der Waals surface area contributed by atoms with Gasteiger partial charge in [0.15, 0.2) is 0 Å². The molecular formula is C21H19FN2O3S. The molecule has 0 radical (unpaired) electrons.